The molecule has 0 saturated carbocycles. The quantitative estimate of drug-likeness (QED) is 0.849. The third kappa shape index (κ3) is 2.63. The minimum atomic E-state index is 0.195. The number of benzene rings is 1. The number of aliphatic hydroxyl groups excluding tert-OH is 1. The number of hydrogen-bond donors (Lipinski definition) is 1. The number of piperidine rings is 1. The number of aryl methyl sites for hydroxylation is 1. The highest BCUT2D eigenvalue weighted by molar-refractivity contribution is 5.50. The van der Waals surface area contributed by atoms with Crippen LogP contribution in [-0.4, -0.2) is 23.8 Å². The maximum absolute atomic E-state index is 9.34. The zero-order valence-electron chi connectivity index (χ0n) is 11.1. The molecule has 1 N–H and O–H groups in total. The third-order valence-electron chi connectivity index (χ3n) is 3.94. The number of hydrogen-bond acceptors (Lipinski definition) is 2. The molecule has 1 unspecified atom stereocenters. The predicted octanol–water partition coefficient (Wildman–Crippen LogP) is 2.98. The Morgan fingerprint density at radius 1 is 1.29 bits per heavy atom. The maximum Gasteiger partial charge on any atom is 0.0476 e. The van der Waals surface area contributed by atoms with Crippen LogP contribution in [0.3, 0.4) is 0 Å². The summed E-state index contributed by atoms with van der Waals surface area (Å²) in [6, 6.07) is 8.70. The molecule has 0 spiro atoms. The molecule has 1 aliphatic rings. The van der Waals surface area contributed by atoms with E-state index in [4.69, 9.17) is 0 Å². The van der Waals surface area contributed by atoms with Crippen molar-refractivity contribution in [1.82, 2.24) is 0 Å². The number of rotatable bonds is 2. The van der Waals surface area contributed by atoms with E-state index >= 15 is 0 Å². The van der Waals surface area contributed by atoms with Gasteiger partial charge in [-0.2, -0.15) is 0 Å². The van der Waals surface area contributed by atoms with Crippen LogP contribution in [0.1, 0.15) is 32.3 Å². The van der Waals surface area contributed by atoms with Gasteiger partial charge in [0.15, 0.2) is 0 Å². The molecule has 2 heteroatoms. The SMILES string of the molecule is Cc1ccc(N2CC(CO)CCC2(C)C)cc1. The number of anilines is 1. The normalized spacial score (nSPS) is 23.8. The highest BCUT2D eigenvalue weighted by Gasteiger charge is 2.33. The summed E-state index contributed by atoms with van der Waals surface area (Å²) in [6.07, 6.45) is 2.28. The molecule has 1 aromatic rings. The average Bonchev–Trinajstić information content (AvgIpc) is 2.30. The molecular weight excluding hydrogens is 210 g/mol. The molecule has 94 valence electrons. The van der Waals surface area contributed by atoms with Crippen LogP contribution < -0.4 is 4.90 Å². The lowest BCUT2D eigenvalue weighted by Gasteiger charge is -2.47. The maximum atomic E-state index is 9.34. The van der Waals surface area contributed by atoms with E-state index < -0.39 is 0 Å². The molecule has 1 heterocycles. The second-order valence-electron chi connectivity index (χ2n) is 5.85. The largest absolute Gasteiger partial charge is 0.396 e. The molecule has 1 atom stereocenters. The first kappa shape index (κ1) is 12.4. The molecule has 0 amide bonds. The molecular formula is C15H23NO. The Morgan fingerprint density at radius 2 is 1.94 bits per heavy atom. The Hall–Kier alpha value is -1.02. The lowest BCUT2D eigenvalue weighted by molar-refractivity contribution is 0.181. The van der Waals surface area contributed by atoms with E-state index in [0.717, 1.165) is 19.4 Å². The van der Waals surface area contributed by atoms with E-state index in [-0.39, 0.29) is 5.54 Å². The molecule has 17 heavy (non-hydrogen) atoms. The summed E-state index contributed by atoms with van der Waals surface area (Å²) in [5.41, 5.74) is 2.77. The zero-order valence-corrected chi connectivity index (χ0v) is 11.1. The van der Waals surface area contributed by atoms with Gasteiger partial charge in [-0.1, -0.05) is 17.7 Å². The predicted molar refractivity (Wildman–Crippen MR) is 72.4 cm³/mol. The van der Waals surface area contributed by atoms with Crippen molar-refractivity contribution in [1.29, 1.82) is 0 Å². The Bertz CT molecular complexity index is 369. The van der Waals surface area contributed by atoms with Crippen LogP contribution in [-0.2, 0) is 0 Å². The van der Waals surface area contributed by atoms with Gasteiger partial charge in [-0.3, -0.25) is 0 Å². The van der Waals surface area contributed by atoms with E-state index in [2.05, 4.69) is 49.9 Å². The fourth-order valence-corrected chi connectivity index (χ4v) is 2.62. The second kappa shape index (κ2) is 4.69. The van der Waals surface area contributed by atoms with Gasteiger partial charge in [0.25, 0.3) is 0 Å². The molecule has 1 aliphatic heterocycles. The Morgan fingerprint density at radius 3 is 2.53 bits per heavy atom. The van der Waals surface area contributed by atoms with Crippen molar-refractivity contribution in [3.63, 3.8) is 0 Å². The lowest BCUT2D eigenvalue weighted by Crippen LogP contribution is -2.51. The molecule has 0 bridgehead atoms. The minimum absolute atomic E-state index is 0.195. The van der Waals surface area contributed by atoms with Gasteiger partial charge in [0.05, 0.1) is 0 Å². The van der Waals surface area contributed by atoms with Gasteiger partial charge in [0.2, 0.25) is 0 Å². The first-order valence-electron chi connectivity index (χ1n) is 6.48. The first-order valence-corrected chi connectivity index (χ1v) is 6.48. The van der Waals surface area contributed by atoms with Crippen molar-refractivity contribution in [2.24, 2.45) is 5.92 Å². The van der Waals surface area contributed by atoms with E-state index in [9.17, 15) is 5.11 Å². The standard InChI is InChI=1S/C15H23NO/c1-12-4-6-14(7-5-12)16-10-13(11-17)8-9-15(16,2)3/h4-7,13,17H,8-11H2,1-3H3. The fraction of sp³-hybridized carbons (Fsp3) is 0.600. The number of nitrogens with zero attached hydrogens (tertiary/aromatic N) is 1. The van der Waals surface area contributed by atoms with Gasteiger partial charge in [0, 0.05) is 24.4 Å². The highest BCUT2D eigenvalue weighted by atomic mass is 16.3. The summed E-state index contributed by atoms with van der Waals surface area (Å²) < 4.78 is 0. The third-order valence-corrected chi connectivity index (χ3v) is 3.94. The van der Waals surface area contributed by atoms with Crippen molar-refractivity contribution in [3.05, 3.63) is 29.8 Å². The second-order valence-corrected chi connectivity index (χ2v) is 5.85. The molecule has 1 fully saturated rings. The lowest BCUT2D eigenvalue weighted by atomic mass is 9.84. The fourth-order valence-electron chi connectivity index (χ4n) is 2.62. The van der Waals surface area contributed by atoms with Crippen molar-refractivity contribution < 1.29 is 5.11 Å². The summed E-state index contributed by atoms with van der Waals surface area (Å²) in [5, 5.41) is 9.34. The van der Waals surface area contributed by atoms with Gasteiger partial charge >= 0.3 is 0 Å². The summed E-state index contributed by atoms with van der Waals surface area (Å²) in [4.78, 5) is 2.44. The molecule has 0 radical (unpaired) electrons. The van der Waals surface area contributed by atoms with Gasteiger partial charge in [-0.15, -0.1) is 0 Å². The van der Waals surface area contributed by atoms with E-state index in [0.29, 0.717) is 12.5 Å². The molecule has 0 aromatic heterocycles. The van der Waals surface area contributed by atoms with Gasteiger partial charge in [0.1, 0.15) is 0 Å². The van der Waals surface area contributed by atoms with Crippen LogP contribution >= 0.6 is 0 Å². The summed E-state index contributed by atoms with van der Waals surface area (Å²) in [7, 11) is 0. The summed E-state index contributed by atoms with van der Waals surface area (Å²) in [5.74, 6) is 0.421. The minimum Gasteiger partial charge on any atom is -0.396 e. The van der Waals surface area contributed by atoms with E-state index in [1.165, 1.54) is 11.3 Å². The van der Waals surface area contributed by atoms with Crippen LogP contribution in [0, 0.1) is 12.8 Å². The van der Waals surface area contributed by atoms with Gasteiger partial charge in [-0.05, 0) is 51.7 Å². The molecule has 1 saturated heterocycles. The molecule has 1 aromatic carbocycles. The first-order chi connectivity index (χ1) is 8.03. The van der Waals surface area contributed by atoms with E-state index in [1.54, 1.807) is 0 Å². The molecule has 2 nitrogen and oxygen atoms in total. The number of aliphatic hydroxyl groups is 1. The van der Waals surface area contributed by atoms with Gasteiger partial charge < -0.3 is 10.0 Å². The Balaban J connectivity index is 2.23. The van der Waals surface area contributed by atoms with Crippen LogP contribution in [0.5, 0.6) is 0 Å². The average molecular weight is 233 g/mol. The van der Waals surface area contributed by atoms with Crippen molar-refractivity contribution in [2.75, 3.05) is 18.1 Å². The Labute approximate surface area is 104 Å². The van der Waals surface area contributed by atoms with Crippen LogP contribution in [0.15, 0.2) is 24.3 Å². The van der Waals surface area contributed by atoms with Crippen molar-refractivity contribution >= 4 is 5.69 Å². The highest BCUT2D eigenvalue weighted by Crippen LogP contribution is 2.34. The van der Waals surface area contributed by atoms with Crippen LogP contribution in [0.2, 0.25) is 0 Å². The topological polar surface area (TPSA) is 23.5 Å². The van der Waals surface area contributed by atoms with Crippen molar-refractivity contribution in [2.45, 2.75) is 39.2 Å². The van der Waals surface area contributed by atoms with Crippen LogP contribution in [0.4, 0.5) is 5.69 Å². The van der Waals surface area contributed by atoms with Crippen molar-refractivity contribution in [3.8, 4) is 0 Å². The van der Waals surface area contributed by atoms with Crippen LogP contribution in [0.25, 0.3) is 0 Å². The zero-order chi connectivity index (χ0) is 12.5. The monoisotopic (exact) mass is 233 g/mol. The Kier molecular flexibility index (Phi) is 3.43. The molecule has 0 aliphatic carbocycles. The summed E-state index contributed by atoms with van der Waals surface area (Å²) in [6.45, 7) is 7.97. The summed E-state index contributed by atoms with van der Waals surface area (Å²) >= 11 is 0. The molecule has 2 rings (SSSR count). The van der Waals surface area contributed by atoms with E-state index in [1.807, 2.05) is 0 Å². The smallest absolute Gasteiger partial charge is 0.0476 e. The van der Waals surface area contributed by atoms with Gasteiger partial charge in [-0.25, -0.2) is 0 Å².